The number of unbranched alkanes of at least 4 members (excludes halogenated alkanes) is 1. The minimum atomic E-state index is -0.469. The van der Waals surface area contributed by atoms with Crippen LogP contribution in [0.15, 0.2) is 54.7 Å². The number of amides is 1. The fourth-order valence-electron chi connectivity index (χ4n) is 1.79. The lowest BCUT2D eigenvalue weighted by Crippen LogP contribution is -2.21. The molecule has 0 aliphatic carbocycles. The Morgan fingerprint density at radius 3 is 2.84 bits per heavy atom. The summed E-state index contributed by atoms with van der Waals surface area (Å²) in [5.41, 5.74) is 0. The summed E-state index contributed by atoms with van der Waals surface area (Å²) in [5.74, 6) is 0.569. The van der Waals surface area contributed by atoms with E-state index in [4.69, 9.17) is 4.74 Å². The van der Waals surface area contributed by atoms with Gasteiger partial charge in [-0.1, -0.05) is 55.8 Å². The first-order chi connectivity index (χ1) is 9.31. The lowest BCUT2D eigenvalue weighted by Gasteiger charge is -2.06. The SMILES string of the molecule is CCC/C=C/NC(=O)Oc1cccc2ccccc12. The molecule has 0 fully saturated rings. The molecule has 0 aliphatic rings. The minimum absolute atomic E-state index is 0.469. The predicted octanol–water partition coefficient (Wildman–Crippen LogP) is 4.24. The maximum absolute atomic E-state index is 11.6. The van der Waals surface area contributed by atoms with E-state index in [0.717, 1.165) is 23.6 Å². The standard InChI is InChI=1S/C16H17NO2/c1-2-3-6-12-17-16(18)19-15-11-7-9-13-8-4-5-10-14(13)15/h4-12H,2-3H2,1H3,(H,17,18)/b12-6+. The molecule has 0 spiro atoms. The first-order valence-corrected chi connectivity index (χ1v) is 6.42. The lowest BCUT2D eigenvalue weighted by atomic mass is 10.1. The molecule has 0 heterocycles. The van der Waals surface area contributed by atoms with Gasteiger partial charge >= 0.3 is 6.09 Å². The van der Waals surface area contributed by atoms with Crippen molar-refractivity contribution in [2.24, 2.45) is 0 Å². The number of hydrogen-bond acceptors (Lipinski definition) is 2. The van der Waals surface area contributed by atoms with Gasteiger partial charge in [-0.2, -0.15) is 0 Å². The van der Waals surface area contributed by atoms with Gasteiger partial charge in [0, 0.05) is 11.6 Å². The molecule has 0 aliphatic heterocycles. The largest absolute Gasteiger partial charge is 0.416 e. The molecule has 1 amide bonds. The third-order valence-electron chi connectivity index (χ3n) is 2.73. The first-order valence-electron chi connectivity index (χ1n) is 6.42. The summed E-state index contributed by atoms with van der Waals surface area (Å²) in [6, 6.07) is 13.5. The molecule has 98 valence electrons. The summed E-state index contributed by atoms with van der Waals surface area (Å²) in [6.07, 6.45) is 5.05. The molecular weight excluding hydrogens is 238 g/mol. The molecule has 3 nitrogen and oxygen atoms in total. The predicted molar refractivity (Wildman–Crippen MR) is 77.2 cm³/mol. The number of carbonyl (C=O) groups is 1. The van der Waals surface area contributed by atoms with Crippen molar-refractivity contribution in [2.75, 3.05) is 0 Å². The molecule has 2 aromatic rings. The van der Waals surface area contributed by atoms with E-state index < -0.39 is 6.09 Å². The Hall–Kier alpha value is -2.29. The number of nitrogens with one attached hydrogen (secondary N) is 1. The second-order valence-corrected chi connectivity index (χ2v) is 4.20. The molecule has 0 atom stereocenters. The van der Waals surface area contributed by atoms with Crippen LogP contribution in [0.3, 0.4) is 0 Å². The van der Waals surface area contributed by atoms with Crippen LogP contribution in [0.25, 0.3) is 10.8 Å². The minimum Gasteiger partial charge on any atom is -0.409 e. The van der Waals surface area contributed by atoms with E-state index in [1.165, 1.54) is 0 Å². The number of hydrogen-bond donors (Lipinski definition) is 1. The molecule has 1 N–H and O–H groups in total. The average molecular weight is 255 g/mol. The zero-order valence-electron chi connectivity index (χ0n) is 10.9. The molecule has 2 rings (SSSR count). The monoisotopic (exact) mass is 255 g/mol. The van der Waals surface area contributed by atoms with Crippen LogP contribution in [0, 0.1) is 0 Å². The third-order valence-corrected chi connectivity index (χ3v) is 2.73. The summed E-state index contributed by atoms with van der Waals surface area (Å²) in [6.45, 7) is 2.08. The van der Waals surface area contributed by atoms with Gasteiger partial charge in [0.15, 0.2) is 0 Å². The highest BCUT2D eigenvalue weighted by Gasteiger charge is 2.05. The van der Waals surface area contributed by atoms with E-state index in [-0.39, 0.29) is 0 Å². The average Bonchev–Trinajstić information content (AvgIpc) is 2.44. The summed E-state index contributed by atoms with van der Waals surface area (Å²) >= 11 is 0. The van der Waals surface area contributed by atoms with Gasteiger partial charge in [0.25, 0.3) is 0 Å². The Labute approximate surface area is 112 Å². The number of benzene rings is 2. The number of rotatable bonds is 4. The van der Waals surface area contributed by atoms with Crippen LogP contribution in [-0.2, 0) is 0 Å². The summed E-state index contributed by atoms with van der Waals surface area (Å²) in [5, 5.41) is 4.57. The van der Waals surface area contributed by atoms with Gasteiger partial charge in [-0.25, -0.2) is 4.79 Å². The van der Waals surface area contributed by atoms with E-state index in [0.29, 0.717) is 5.75 Å². The number of allylic oxidation sites excluding steroid dienone is 1. The maximum atomic E-state index is 11.6. The fourth-order valence-corrected chi connectivity index (χ4v) is 1.79. The zero-order chi connectivity index (χ0) is 13.5. The molecule has 0 saturated carbocycles. The maximum Gasteiger partial charge on any atom is 0.416 e. The lowest BCUT2D eigenvalue weighted by molar-refractivity contribution is 0.205. The van der Waals surface area contributed by atoms with Crippen molar-refractivity contribution >= 4 is 16.9 Å². The summed E-state index contributed by atoms with van der Waals surface area (Å²) in [7, 11) is 0. The van der Waals surface area contributed by atoms with Crippen molar-refractivity contribution in [2.45, 2.75) is 19.8 Å². The van der Waals surface area contributed by atoms with Crippen LogP contribution >= 0.6 is 0 Å². The van der Waals surface area contributed by atoms with Gasteiger partial charge in [-0.05, 0) is 17.9 Å². The topological polar surface area (TPSA) is 38.3 Å². The van der Waals surface area contributed by atoms with E-state index in [1.807, 2.05) is 42.5 Å². The highest BCUT2D eigenvalue weighted by Crippen LogP contribution is 2.25. The Morgan fingerprint density at radius 2 is 2.00 bits per heavy atom. The fraction of sp³-hybridized carbons (Fsp3) is 0.188. The smallest absolute Gasteiger partial charge is 0.409 e. The molecule has 0 saturated heterocycles. The second-order valence-electron chi connectivity index (χ2n) is 4.20. The van der Waals surface area contributed by atoms with Gasteiger partial charge < -0.3 is 4.74 Å². The second kappa shape index (κ2) is 6.59. The van der Waals surface area contributed by atoms with Crippen molar-refractivity contribution in [3.8, 4) is 5.75 Å². The molecule has 0 radical (unpaired) electrons. The Morgan fingerprint density at radius 1 is 1.21 bits per heavy atom. The molecular formula is C16H17NO2. The van der Waals surface area contributed by atoms with Crippen molar-refractivity contribution in [1.82, 2.24) is 5.32 Å². The number of carbonyl (C=O) groups excluding carboxylic acids is 1. The molecule has 0 aromatic heterocycles. The molecule has 3 heteroatoms. The van der Waals surface area contributed by atoms with Crippen molar-refractivity contribution in [1.29, 1.82) is 0 Å². The third kappa shape index (κ3) is 3.58. The van der Waals surface area contributed by atoms with Crippen LogP contribution in [0.5, 0.6) is 5.75 Å². The van der Waals surface area contributed by atoms with E-state index >= 15 is 0 Å². The highest BCUT2D eigenvalue weighted by molar-refractivity contribution is 5.90. The van der Waals surface area contributed by atoms with Crippen LogP contribution in [0.1, 0.15) is 19.8 Å². The van der Waals surface area contributed by atoms with E-state index in [2.05, 4.69) is 12.2 Å². The normalized spacial score (nSPS) is 10.8. The number of ether oxygens (including phenoxy) is 1. The summed E-state index contributed by atoms with van der Waals surface area (Å²) in [4.78, 5) is 11.6. The van der Waals surface area contributed by atoms with Gasteiger partial charge in [0.05, 0.1) is 0 Å². The molecule has 2 aromatic carbocycles. The van der Waals surface area contributed by atoms with Crippen molar-refractivity contribution < 1.29 is 9.53 Å². The van der Waals surface area contributed by atoms with Crippen LogP contribution in [0.4, 0.5) is 4.79 Å². The van der Waals surface area contributed by atoms with Gasteiger partial charge in [0.2, 0.25) is 0 Å². The molecule has 19 heavy (non-hydrogen) atoms. The molecule has 0 bridgehead atoms. The van der Waals surface area contributed by atoms with Gasteiger partial charge in [-0.15, -0.1) is 0 Å². The van der Waals surface area contributed by atoms with Gasteiger partial charge in [-0.3, -0.25) is 5.32 Å². The van der Waals surface area contributed by atoms with Crippen LogP contribution in [0.2, 0.25) is 0 Å². The Balaban J connectivity index is 2.07. The first kappa shape index (κ1) is 13.1. The van der Waals surface area contributed by atoms with E-state index in [1.54, 1.807) is 12.3 Å². The quantitative estimate of drug-likeness (QED) is 0.887. The summed E-state index contributed by atoms with van der Waals surface area (Å²) < 4.78 is 5.31. The van der Waals surface area contributed by atoms with Crippen LogP contribution in [-0.4, -0.2) is 6.09 Å². The number of fused-ring (bicyclic) bond motifs is 1. The Kier molecular flexibility index (Phi) is 4.56. The van der Waals surface area contributed by atoms with Crippen molar-refractivity contribution in [3.63, 3.8) is 0 Å². The van der Waals surface area contributed by atoms with E-state index in [9.17, 15) is 4.79 Å². The highest BCUT2D eigenvalue weighted by atomic mass is 16.6. The Bertz CT molecular complexity index is 585. The zero-order valence-corrected chi connectivity index (χ0v) is 10.9. The van der Waals surface area contributed by atoms with Crippen LogP contribution < -0.4 is 10.1 Å². The molecule has 0 unspecified atom stereocenters. The van der Waals surface area contributed by atoms with Gasteiger partial charge in [0.1, 0.15) is 5.75 Å². The van der Waals surface area contributed by atoms with Crippen molar-refractivity contribution in [3.05, 3.63) is 54.7 Å².